The van der Waals surface area contributed by atoms with E-state index in [-0.39, 0.29) is 0 Å². The zero-order valence-electron chi connectivity index (χ0n) is 15.1. The van der Waals surface area contributed by atoms with Crippen molar-refractivity contribution in [3.63, 3.8) is 0 Å². The number of hydrogen-bond donors (Lipinski definition) is 0. The summed E-state index contributed by atoms with van der Waals surface area (Å²) in [7, 11) is 0. The maximum atomic E-state index is 5.65. The van der Waals surface area contributed by atoms with Crippen LogP contribution in [-0.4, -0.2) is 6.61 Å². The van der Waals surface area contributed by atoms with E-state index in [1.165, 1.54) is 95.5 Å². The molecule has 21 heavy (non-hydrogen) atoms. The molecule has 0 heterocycles. The third-order valence-electron chi connectivity index (χ3n) is 4.07. The van der Waals surface area contributed by atoms with Gasteiger partial charge in [-0.25, -0.2) is 0 Å². The lowest BCUT2D eigenvalue weighted by molar-refractivity contribution is 0.237. The van der Waals surface area contributed by atoms with Crippen LogP contribution in [-0.2, 0) is 4.74 Å². The van der Waals surface area contributed by atoms with Crippen LogP contribution < -0.4 is 0 Å². The van der Waals surface area contributed by atoms with Crippen LogP contribution in [0.1, 0.15) is 111 Å². The smallest absolute Gasteiger partial charge is 0.0873 e. The molecule has 0 fully saturated rings. The summed E-state index contributed by atoms with van der Waals surface area (Å²) in [5.74, 6) is 0. The molecule has 0 aromatic carbocycles. The molecule has 0 saturated heterocycles. The molecule has 126 valence electrons. The van der Waals surface area contributed by atoms with Crippen molar-refractivity contribution >= 4 is 0 Å². The van der Waals surface area contributed by atoms with E-state index < -0.39 is 0 Å². The number of hydrogen-bond acceptors (Lipinski definition) is 1. The number of unbranched alkanes of at least 4 members (excludes halogenated alkanes) is 11. The average molecular weight is 297 g/mol. The highest BCUT2D eigenvalue weighted by Gasteiger charge is 1.94. The summed E-state index contributed by atoms with van der Waals surface area (Å²) in [4.78, 5) is 0. The Hall–Kier alpha value is -0.460. The van der Waals surface area contributed by atoms with Crippen LogP contribution in [0.15, 0.2) is 11.8 Å². The highest BCUT2D eigenvalue weighted by Crippen LogP contribution is 2.12. The van der Waals surface area contributed by atoms with Crippen LogP contribution in [0.5, 0.6) is 0 Å². The highest BCUT2D eigenvalue weighted by atomic mass is 16.5. The lowest BCUT2D eigenvalue weighted by Crippen LogP contribution is -1.90. The van der Waals surface area contributed by atoms with Crippen molar-refractivity contribution in [3.05, 3.63) is 11.8 Å². The van der Waals surface area contributed by atoms with Crippen LogP contribution in [0.4, 0.5) is 0 Å². The largest absolute Gasteiger partial charge is 0.501 e. The Morgan fingerprint density at radius 1 is 0.667 bits per heavy atom. The van der Waals surface area contributed by atoms with E-state index in [9.17, 15) is 0 Å². The molecular formula is C20H40O. The van der Waals surface area contributed by atoms with E-state index in [0.717, 1.165) is 6.61 Å². The minimum Gasteiger partial charge on any atom is -0.501 e. The van der Waals surface area contributed by atoms with E-state index >= 15 is 0 Å². The Bertz CT molecular complexity index is 220. The molecular weight excluding hydrogens is 256 g/mol. The number of ether oxygens (including phenoxy) is 1. The van der Waals surface area contributed by atoms with Gasteiger partial charge in [0.05, 0.1) is 12.9 Å². The lowest BCUT2D eigenvalue weighted by atomic mass is 10.1. The SMILES string of the molecule is CCCCCCCCC/C(C)=C/OCCCCCCCC. The Kier molecular flexibility index (Phi) is 17.2. The van der Waals surface area contributed by atoms with Gasteiger partial charge in [0.25, 0.3) is 0 Å². The molecule has 0 aliphatic heterocycles. The third-order valence-corrected chi connectivity index (χ3v) is 4.07. The minimum absolute atomic E-state index is 0.903. The first-order chi connectivity index (χ1) is 10.3. The quantitative estimate of drug-likeness (QED) is 0.213. The monoisotopic (exact) mass is 296 g/mol. The summed E-state index contributed by atoms with van der Waals surface area (Å²) >= 11 is 0. The van der Waals surface area contributed by atoms with E-state index in [2.05, 4.69) is 20.8 Å². The molecule has 1 nitrogen and oxygen atoms in total. The van der Waals surface area contributed by atoms with Crippen LogP contribution in [0.25, 0.3) is 0 Å². The zero-order chi connectivity index (χ0) is 15.6. The van der Waals surface area contributed by atoms with E-state index in [0.29, 0.717) is 0 Å². The van der Waals surface area contributed by atoms with Gasteiger partial charge in [0.1, 0.15) is 0 Å². The highest BCUT2D eigenvalue weighted by molar-refractivity contribution is 4.92. The van der Waals surface area contributed by atoms with Gasteiger partial charge in [0, 0.05) is 0 Å². The predicted octanol–water partition coefficient (Wildman–Crippen LogP) is 7.41. The van der Waals surface area contributed by atoms with Crippen LogP contribution in [0.2, 0.25) is 0 Å². The Balaban J connectivity index is 3.25. The van der Waals surface area contributed by atoms with Gasteiger partial charge in [0.2, 0.25) is 0 Å². The van der Waals surface area contributed by atoms with Crippen molar-refractivity contribution in [2.45, 2.75) is 111 Å². The number of rotatable bonds is 16. The maximum absolute atomic E-state index is 5.65. The maximum Gasteiger partial charge on any atom is 0.0873 e. The molecule has 0 atom stereocenters. The molecule has 0 spiro atoms. The predicted molar refractivity (Wildman–Crippen MR) is 95.7 cm³/mol. The standard InChI is InChI=1S/C20H40O/c1-4-6-8-10-12-13-15-17-20(3)19-21-18-16-14-11-9-7-5-2/h19H,4-18H2,1-3H3/b20-19+. The van der Waals surface area contributed by atoms with Gasteiger partial charge in [-0.2, -0.15) is 0 Å². The minimum atomic E-state index is 0.903. The van der Waals surface area contributed by atoms with Gasteiger partial charge >= 0.3 is 0 Å². The van der Waals surface area contributed by atoms with Gasteiger partial charge in [-0.1, -0.05) is 84.5 Å². The zero-order valence-corrected chi connectivity index (χ0v) is 15.1. The summed E-state index contributed by atoms with van der Waals surface area (Å²) in [5, 5.41) is 0. The molecule has 0 rings (SSSR count). The molecule has 0 bridgehead atoms. The molecule has 0 aliphatic carbocycles. The van der Waals surface area contributed by atoms with Gasteiger partial charge in [-0.3, -0.25) is 0 Å². The van der Waals surface area contributed by atoms with Crippen molar-refractivity contribution in [1.82, 2.24) is 0 Å². The second-order valence-electron chi connectivity index (χ2n) is 6.47. The van der Waals surface area contributed by atoms with Crippen LogP contribution >= 0.6 is 0 Å². The third kappa shape index (κ3) is 17.5. The first-order valence-electron chi connectivity index (χ1n) is 9.58. The molecule has 0 aromatic rings. The summed E-state index contributed by atoms with van der Waals surface area (Å²) in [6.45, 7) is 7.65. The van der Waals surface area contributed by atoms with Gasteiger partial charge in [-0.05, 0) is 31.8 Å². The van der Waals surface area contributed by atoms with Gasteiger partial charge in [-0.15, -0.1) is 0 Å². The average Bonchev–Trinajstić information content (AvgIpc) is 2.49. The molecule has 0 unspecified atom stereocenters. The Morgan fingerprint density at radius 2 is 1.14 bits per heavy atom. The molecule has 0 N–H and O–H groups in total. The van der Waals surface area contributed by atoms with Crippen LogP contribution in [0.3, 0.4) is 0 Å². The number of allylic oxidation sites excluding steroid dienone is 1. The van der Waals surface area contributed by atoms with E-state index in [4.69, 9.17) is 4.74 Å². The second kappa shape index (κ2) is 17.6. The normalized spacial score (nSPS) is 11.9. The fourth-order valence-electron chi connectivity index (χ4n) is 2.59. The summed E-state index contributed by atoms with van der Waals surface area (Å²) in [6, 6.07) is 0. The molecule has 0 aliphatic rings. The fraction of sp³-hybridized carbons (Fsp3) is 0.900. The Morgan fingerprint density at radius 3 is 1.71 bits per heavy atom. The molecule has 0 saturated carbocycles. The van der Waals surface area contributed by atoms with Crippen molar-refractivity contribution in [2.75, 3.05) is 6.61 Å². The van der Waals surface area contributed by atoms with Crippen molar-refractivity contribution in [3.8, 4) is 0 Å². The molecule has 1 heteroatoms. The first kappa shape index (κ1) is 20.5. The summed E-state index contributed by atoms with van der Waals surface area (Å²) in [5.41, 5.74) is 1.41. The first-order valence-corrected chi connectivity index (χ1v) is 9.58. The summed E-state index contributed by atoms with van der Waals surface area (Å²) in [6.07, 6.45) is 21.0. The van der Waals surface area contributed by atoms with Gasteiger partial charge < -0.3 is 4.74 Å². The van der Waals surface area contributed by atoms with E-state index in [1.54, 1.807) is 0 Å². The molecule has 0 radical (unpaired) electrons. The summed E-state index contributed by atoms with van der Waals surface area (Å²) < 4.78 is 5.65. The lowest BCUT2D eigenvalue weighted by Gasteiger charge is -2.05. The van der Waals surface area contributed by atoms with Gasteiger partial charge in [0.15, 0.2) is 0 Å². The van der Waals surface area contributed by atoms with Crippen molar-refractivity contribution in [1.29, 1.82) is 0 Å². The van der Waals surface area contributed by atoms with E-state index in [1.807, 2.05) is 6.26 Å². The molecule has 0 amide bonds. The van der Waals surface area contributed by atoms with Crippen molar-refractivity contribution < 1.29 is 4.74 Å². The topological polar surface area (TPSA) is 9.23 Å². The van der Waals surface area contributed by atoms with Crippen LogP contribution in [0, 0.1) is 0 Å². The fourth-order valence-corrected chi connectivity index (χ4v) is 2.59. The second-order valence-corrected chi connectivity index (χ2v) is 6.47. The van der Waals surface area contributed by atoms with Crippen molar-refractivity contribution in [2.24, 2.45) is 0 Å². The molecule has 0 aromatic heterocycles. The Labute approximate surface area is 134 Å².